The number of nitrogens with zero attached hydrogens (tertiary/aromatic N) is 2. The Morgan fingerprint density at radius 2 is 2.47 bits per heavy atom. The van der Waals surface area contributed by atoms with Gasteiger partial charge in [0.05, 0.1) is 6.20 Å². The number of hydrogen-bond acceptors (Lipinski definition) is 4. The molecule has 1 unspecified atom stereocenters. The van der Waals surface area contributed by atoms with E-state index in [1.54, 1.807) is 0 Å². The van der Waals surface area contributed by atoms with Crippen LogP contribution in [-0.2, 0) is 6.54 Å². The number of aliphatic hydroxyl groups is 1. The van der Waals surface area contributed by atoms with Crippen LogP contribution in [0.2, 0.25) is 0 Å². The van der Waals surface area contributed by atoms with E-state index in [0.29, 0.717) is 6.54 Å². The Labute approximate surface area is 90.3 Å². The van der Waals surface area contributed by atoms with Crippen molar-refractivity contribution in [3.05, 3.63) is 18.0 Å². The lowest BCUT2D eigenvalue weighted by molar-refractivity contribution is 0.283. The van der Waals surface area contributed by atoms with Crippen LogP contribution in [0.1, 0.15) is 24.9 Å². The summed E-state index contributed by atoms with van der Waals surface area (Å²) < 4.78 is 1.88. The van der Waals surface area contributed by atoms with Gasteiger partial charge in [-0.1, -0.05) is 0 Å². The zero-order chi connectivity index (χ0) is 11.1. The molecule has 0 radical (unpaired) electrons. The molecular weight excluding hydrogens is 192 g/mol. The lowest BCUT2D eigenvalue weighted by Gasteiger charge is -2.14. The minimum Gasteiger partial charge on any atom is -0.396 e. The molecule has 4 N–H and O–H groups in total. The Kier molecular flexibility index (Phi) is 5.31. The van der Waals surface area contributed by atoms with Gasteiger partial charge < -0.3 is 16.2 Å². The molecule has 0 aliphatic rings. The molecule has 15 heavy (non-hydrogen) atoms. The topological polar surface area (TPSA) is 76.1 Å². The highest BCUT2D eigenvalue weighted by atomic mass is 16.3. The van der Waals surface area contributed by atoms with Crippen LogP contribution in [0, 0.1) is 0 Å². The van der Waals surface area contributed by atoms with Crippen molar-refractivity contribution < 1.29 is 5.11 Å². The van der Waals surface area contributed by atoms with Crippen LogP contribution in [0.25, 0.3) is 0 Å². The van der Waals surface area contributed by atoms with Gasteiger partial charge in [0.1, 0.15) is 0 Å². The summed E-state index contributed by atoms with van der Waals surface area (Å²) in [5.41, 5.74) is 6.78. The van der Waals surface area contributed by atoms with Gasteiger partial charge in [-0.2, -0.15) is 5.10 Å². The van der Waals surface area contributed by atoms with E-state index in [-0.39, 0.29) is 12.6 Å². The van der Waals surface area contributed by atoms with Crippen molar-refractivity contribution >= 4 is 0 Å². The van der Waals surface area contributed by atoms with E-state index in [9.17, 15) is 0 Å². The van der Waals surface area contributed by atoms with Gasteiger partial charge in [0.15, 0.2) is 0 Å². The summed E-state index contributed by atoms with van der Waals surface area (Å²) in [7, 11) is 0. The highest BCUT2D eigenvalue weighted by Crippen LogP contribution is 2.10. The van der Waals surface area contributed by atoms with Crippen LogP contribution >= 0.6 is 0 Å². The first-order chi connectivity index (χ1) is 7.31. The number of nitrogens with one attached hydrogen (secondary N) is 1. The van der Waals surface area contributed by atoms with E-state index in [1.165, 1.54) is 0 Å². The van der Waals surface area contributed by atoms with Gasteiger partial charge >= 0.3 is 0 Å². The highest BCUT2D eigenvalue weighted by molar-refractivity contribution is 5.10. The predicted octanol–water partition coefficient (Wildman–Crippen LogP) is -0.125. The molecule has 0 aliphatic carbocycles. The monoisotopic (exact) mass is 212 g/mol. The molecule has 0 saturated carbocycles. The molecule has 5 heteroatoms. The number of aryl methyl sites for hydroxylation is 1. The number of rotatable bonds is 7. The van der Waals surface area contributed by atoms with E-state index < -0.39 is 0 Å². The molecule has 5 nitrogen and oxygen atoms in total. The molecular formula is C10H20N4O. The number of aliphatic hydroxyl groups excluding tert-OH is 1. The average molecular weight is 212 g/mol. The zero-order valence-electron chi connectivity index (χ0n) is 9.19. The minimum absolute atomic E-state index is 0.136. The Balaban J connectivity index is 2.49. The lowest BCUT2D eigenvalue weighted by Crippen LogP contribution is -2.29. The largest absolute Gasteiger partial charge is 0.396 e. The Morgan fingerprint density at radius 3 is 3.00 bits per heavy atom. The number of nitrogens with two attached hydrogens (primary N) is 1. The van der Waals surface area contributed by atoms with Crippen LogP contribution in [0.5, 0.6) is 0 Å². The fourth-order valence-corrected chi connectivity index (χ4v) is 1.43. The standard InChI is InChI=1S/C10H20N4O/c1-2-14-8-9(7-13-14)10(6-11)12-4-3-5-15/h7-8,10,12,15H,2-6,11H2,1H3. The molecule has 1 heterocycles. The van der Waals surface area contributed by atoms with Crippen LogP contribution in [-0.4, -0.2) is 34.6 Å². The molecule has 0 saturated heterocycles. The first kappa shape index (κ1) is 12.2. The van der Waals surface area contributed by atoms with Crippen LogP contribution in [0.15, 0.2) is 12.4 Å². The Bertz CT molecular complexity index is 274. The smallest absolute Gasteiger partial charge is 0.0538 e. The van der Waals surface area contributed by atoms with Crippen molar-refractivity contribution in [1.29, 1.82) is 0 Å². The molecule has 0 bridgehead atoms. The van der Waals surface area contributed by atoms with E-state index in [4.69, 9.17) is 10.8 Å². The summed E-state index contributed by atoms with van der Waals surface area (Å²) in [4.78, 5) is 0. The molecule has 0 aromatic carbocycles. The fraction of sp³-hybridized carbons (Fsp3) is 0.700. The summed E-state index contributed by atoms with van der Waals surface area (Å²) in [5, 5.41) is 16.2. The van der Waals surface area contributed by atoms with Gasteiger partial charge in [0.2, 0.25) is 0 Å². The summed E-state index contributed by atoms with van der Waals surface area (Å²) in [5.74, 6) is 0. The van der Waals surface area contributed by atoms with Crippen LogP contribution in [0.4, 0.5) is 0 Å². The second-order valence-corrected chi connectivity index (χ2v) is 3.45. The van der Waals surface area contributed by atoms with Crippen LogP contribution < -0.4 is 11.1 Å². The molecule has 1 atom stereocenters. The highest BCUT2D eigenvalue weighted by Gasteiger charge is 2.10. The summed E-state index contributed by atoms with van der Waals surface area (Å²) >= 11 is 0. The molecule has 0 amide bonds. The lowest BCUT2D eigenvalue weighted by atomic mass is 10.1. The van der Waals surface area contributed by atoms with E-state index in [0.717, 1.165) is 25.1 Å². The Morgan fingerprint density at radius 1 is 1.67 bits per heavy atom. The summed E-state index contributed by atoms with van der Waals surface area (Å²) in [6.07, 6.45) is 4.59. The Hall–Kier alpha value is -0.910. The van der Waals surface area contributed by atoms with Crippen molar-refractivity contribution in [1.82, 2.24) is 15.1 Å². The van der Waals surface area contributed by atoms with E-state index in [1.807, 2.05) is 24.0 Å². The van der Waals surface area contributed by atoms with E-state index >= 15 is 0 Å². The summed E-state index contributed by atoms with van der Waals surface area (Å²) in [6.45, 7) is 4.44. The molecule has 1 aromatic heterocycles. The second-order valence-electron chi connectivity index (χ2n) is 3.45. The number of aromatic nitrogens is 2. The van der Waals surface area contributed by atoms with Gasteiger partial charge in [-0.25, -0.2) is 0 Å². The van der Waals surface area contributed by atoms with Crippen molar-refractivity contribution in [2.24, 2.45) is 5.73 Å². The average Bonchev–Trinajstić information content (AvgIpc) is 2.73. The van der Waals surface area contributed by atoms with Gasteiger partial charge in [-0.05, 0) is 19.9 Å². The first-order valence-electron chi connectivity index (χ1n) is 5.38. The van der Waals surface area contributed by atoms with Gasteiger partial charge in [0.25, 0.3) is 0 Å². The number of hydrogen-bond donors (Lipinski definition) is 3. The normalized spacial score (nSPS) is 13.0. The molecule has 1 aromatic rings. The van der Waals surface area contributed by atoms with Crippen molar-refractivity contribution in [2.75, 3.05) is 19.7 Å². The molecule has 0 spiro atoms. The SMILES string of the molecule is CCn1cc(C(CN)NCCCO)cn1. The predicted molar refractivity (Wildman–Crippen MR) is 59.4 cm³/mol. The zero-order valence-corrected chi connectivity index (χ0v) is 9.19. The first-order valence-corrected chi connectivity index (χ1v) is 5.38. The van der Waals surface area contributed by atoms with Gasteiger partial charge in [-0.15, -0.1) is 0 Å². The van der Waals surface area contributed by atoms with Crippen molar-refractivity contribution in [3.63, 3.8) is 0 Å². The minimum atomic E-state index is 0.136. The quantitative estimate of drug-likeness (QED) is 0.551. The summed E-state index contributed by atoms with van der Waals surface area (Å²) in [6, 6.07) is 0.136. The fourth-order valence-electron chi connectivity index (χ4n) is 1.43. The molecule has 1 rings (SSSR count). The van der Waals surface area contributed by atoms with E-state index in [2.05, 4.69) is 10.4 Å². The van der Waals surface area contributed by atoms with Crippen molar-refractivity contribution in [3.8, 4) is 0 Å². The third-order valence-corrected chi connectivity index (χ3v) is 2.34. The third-order valence-electron chi connectivity index (χ3n) is 2.34. The van der Waals surface area contributed by atoms with Gasteiger partial charge in [-0.3, -0.25) is 4.68 Å². The van der Waals surface area contributed by atoms with Crippen molar-refractivity contribution in [2.45, 2.75) is 25.9 Å². The second kappa shape index (κ2) is 6.55. The van der Waals surface area contributed by atoms with Crippen LogP contribution in [0.3, 0.4) is 0 Å². The third kappa shape index (κ3) is 3.62. The maximum absolute atomic E-state index is 8.68. The molecule has 0 aliphatic heterocycles. The molecule has 86 valence electrons. The maximum atomic E-state index is 8.68. The van der Waals surface area contributed by atoms with Gasteiger partial charge in [0, 0.05) is 37.5 Å². The molecule has 0 fully saturated rings. The maximum Gasteiger partial charge on any atom is 0.0538 e.